The van der Waals surface area contributed by atoms with Crippen LogP contribution in [0.25, 0.3) is 0 Å². The average molecular weight is 221 g/mol. The van der Waals surface area contributed by atoms with Crippen molar-refractivity contribution in [1.29, 1.82) is 0 Å². The smallest absolute Gasteiger partial charge is 0.305 e. The fourth-order valence-electron chi connectivity index (χ4n) is 1.86. The molecule has 0 radical (unpaired) electrons. The number of aliphatic carboxylic acids is 1. The monoisotopic (exact) mass is 221 g/mol. The highest BCUT2D eigenvalue weighted by Crippen LogP contribution is 2.25. The Labute approximate surface area is 96.7 Å². The maximum Gasteiger partial charge on any atom is 0.305 e. The molecule has 0 fully saturated rings. The number of nitrogens with zero attached hydrogens (tertiary/aromatic N) is 1. The summed E-state index contributed by atoms with van der Waals surface area (Å²) in [4.78, 5) is 12.8. The number of hydrogen-bond donors (Lipinski definition) is 1. The molecule has 16 heavy (non-hydrogen) atoms. The van der Waals surface area contributed by atoms with E-state index in [1.165, 1.54) is 0 Å². The van der Waals surface area contributed by atoms with Gasteiger partial charge in [-0.15, -0.1) is 0 Å². The van der Waals surface area contributed by atoms with Crippen molar-refractivity contribution < 1.29 is 9.90 Å². The van der Waals surface area contributed by atoms with Gasteiger partial charge in [-0.25, -0.2) is 0 Å². The SMILES string of the molecule is Cc1ccc(C)c(C(CC(=O)O)N(C)C)c1. The van der Waals surface area contributed by atoms with Gasteiger partial charge < -0.3 is 10.0 Å². The van der Waals surface area contributed by atoms with Crippen molar-refractivity contribution >= 4 is 5.97 Å². The van der Waals surface area contributed by atoms with E-state index in [1.807, 2.05) is 45.0 Å². The summed E-state index contributed by atoms with van der Waals surface area (Å²) in [6.45, 7) is 4.05. The first-order valence-corrected chi connectivity index (χ1v) is 5.37. The summed E-state index contributed by atoms with van der Waals surface area (Å²) < 4.78 is 0. The van der Waals surface area contributed by atoms with Crippen LogP contribution in [0.5, 0.6) is 0 Å². The summed E-state index contributed by atoms with van der Waals surface area (Å²) in [5, 5.41) is 8.93. The van der Waals surface area contributed by atoms with Crippen LogP contribution in [0.3, 0.4) is 0 Å². The van der Waals surface area contributed by atoms with Crippen LogP contribution in [0.4, 0.5) is 0 Å². The fraction of sp³-hybridized carbons (Fsp3) is 0.462. The normalized spacial score (nSPS) is 12.8. The Morgan fingerprint density at radius 1 is 1.38 bits per heavy atom. The van der Waals surface area contributed by atoms with E-state index < -0.39 is 5.97 Å². The minimum absolute atomic E-state index is 0.0580. The van der Waals surface area contributed by atoms with E-state index in [1.54, 1.807) is 0 Å². The minimum atomic E-state index is -0.764. The lowest BCUT2D eigenvalue weighted by atomic mass is 9.96. The van der Waals surface area contributed by atoms with Gasteiger partial charge in [0.25, 0.3) is 0 Å². The second-order valence-corrected chi connectivity index (χ2v) is 4.44. The van der Waals surface area contributed by atoms with Gasteiger partial charge in [0, 0.05) is 6.04 Å². The quantitative estimate of drug-likeness (QED) is 0.848. The Morgan fingerprint density at radius 2 is 2.00 bits per heavy atom. The van der Waals surface area contributed by atoms with E-state index in [-0.39, 0.29) is 12.5 Å². The highest BCUT2D eigenvalue weighted by Gasteiger charge is 2.19. The molecule has 1 aromatic rings. The molecule has 0 bridgehead atoms. The maximum absolute atomic E-state index is 10.9. The van der Waals surface area contributed by atoms with E-state index in [9.17, 15) is 4.79 Å². The van der Waals surface area contributed by atoms with Crippen molar-refractivity contribution in [2.45, 2.75) is 26.3 Å². The second kappa shape index (κ2) is 5.12. The molecular formula is C13H19NO2. The van der Waals surface area contributed by atoms with Crippen LogP contribution in [0, 0.1) is 13.8 Å². The van der Waals surface area contributed by atoms with Crippen molar-refractivity contribution in [1.82, 2.24) is 4.90 Å². The standard InChI is InChI=1S/C13H19NO2/c1-9-5-6-10(2)11(7-9)12(14(3)4)8-13(15)16/h5-7,12H,8H2,1-4H3,(H,15,16). The van der Waals surface area contributed by atoms with Gasteiger partial charge in [0.2, 0.25) is 0 Å². The molecule has 0 spiro atoms. The number of carboxylic acid groups (broad SMARTS) is 1. The molecule has 0 aliphatic rings. The van der Waals surface area contributed by atoms with Crippen molar-refractivity contribution in [3.8, 4) is 0 Å². The van der Waals surface area contributed by atoms with E-state index in [0.717, 1.165) is 16.7 Å². The Bertz CT molecular complexity index is 386. The molecule has 3 nitrogen and oxygen atoms in total. The number of benzene rings is 1. The third-order valence-corrected chi connectivity index (χ3v) is 2.79. The molecule has 0 saturated carbocycles. The lowest BCUT2D eigenvalue weighted by Crippen LogP contribution is -2.23. The highest BCUT2D eigenvalue weighted by atomic mass is 16.4. The second-order valence-electron chi connectivity index (χ2n) is 4.44. The van der Waals surface area contributed by atoms with E-state index in [4.69, 9.17) is 5.11 Å². The van der Waals surface area contributed by atoms with Gasteiger partial charge in [-0.2, -0.15) is 0 Å². The van der Waals surface area contributed by atoms with Gasteiger partial charge in [-0.1, -0.05) is 23.8 Å². The number of aryl methyl sites for hydroxylation is 2. The highest BCUT2D eigenvalue weighted by molar-refractivity contribution is 5.68. The first-order valence-electron chi connectivity index (χ1n) is 5.37. The number of hydrogen-bond acceptors (Lipinski definition) is 2. The first-order chi connectivity index (χ1) is 7.41. The van der Waals surface area contributed by atoms with Crippen LogP contribution in [-0.4, -0.2) is 30.1 Å². The summed E-state index contributed by atoms with van der Waals surface area (Å²) >= 11 is 0. The molecule has 1 atom stereocenters. The lowest BCUT2D eigenvalue weighted by Gasteiger charge is -2.25. The third-order valence-electron chi connectivity index (χ3n) is 2.79. The van der Waals surface area contributed by atoms with Gasteiger partial charge >= 0.3 is 5.97 Å². The number of rotatable bonds is 4. The molecule has 1 aromatic carbocycles. The lowest BCUT2D eigenvalue weighted by molar-refractivity contribution is -0.138. The summed E-state index contributed by atoms with van der Waals surface area (Å²) in [6.07, 6.45) is 0.136. The zero-order valence-electron chi connectivity index (χ0n) is 10.3. The van der Waals surface area contributed by atoms with E-state index in [2.05, 4.69) is 6.07 Å². The van der Waals surface area contributed by atoms with E-state index >= 15 is 0 Å². The number of carbonyl (C=O) groups is 1. The summed E-state index contributed by atoms with van der Waals surface area (Å²) in [7, 11) is 3.82. The van der Waals surface area contributed by atoms with Crippen LogP contribution in [-0.2, 0) is 4.79 Å². The van der Waals surface area contributed by atoms with Crippen LogP contribution in [0.1, 0.15) is 29.2 Å². The molecular weight excluding hydrogens is 202 g/mol. The van der Waals surface area contributed by atoms with Gasteiger partial charge in [0.1, 0.15) is 0 Å². The molecule has 0 aliphatic heterocycles. The van der Waals surface area contributed by atoms with Crippen LogP contribution in [0.2, 0.25) is 0 Å². The Balaban J connectivity index is 3.09. The van der Waals surface area contributed by atoms with Crippen LogP contribution < -0.4 is 0 Å². The van der Waals surface area contributed by atoms with Crippen molar-refractivity contribution in [3.05, 3.63) is 34.9 Å². The molecule has 0 heterocycles. The molecule has 3 heteroatoms. The summed E-state index contributed by atoms with van der Waals surface area (Å²) in [6, 6.07) is 6.11. The van der Waals surface area contributed by atoms with Crippen LogP contribution in [0.15, 0.2) is 18.2 Å². The Hall–Kier alpha value is -1.35. The van der Waals surface area contributed by atoms with Crippen molar-refractivity contribution in [2.24, 2.45) is 0 Å². The molecule has 1 N–H and O–H groups in total. The molecule has 0 aliphatic carbocycles. The molecule has 0 aromatic heterocycles. The minimum Gasteiger partial charge on any atom is -0.481 e. The average Bonchev–Trinajstić information content (AvgIpc) is 2.18. The molecule has 1 unspecified atom stereocenters. The van der Waals surface area contributed by atoms with Gasteiger partial charge in [-0.3, -0.25) is 4.79 Å². The molecule has 1 rings (SSSR count). The zero-order valence-corrected chi connectivity index (χ0v) is 10.3. The van der Waals surface area contributed by atoms with Crippen molar-refractivity contribution in [3.63, 3.8) is 0 Å². The maximum atomic E-state index is 10.9. The largest absolute Gasteiger partial charge is 0.481 e. The van der Waals surface area contributed by atoms with E-state index in [0.29, 0.717) is 0 Å². The fourth-order valence-corrected chi connectivity index (χ4v) is 1.86. The number of carboxylic acids is 1. The summed E-state index contributed by atoms with van der Waals surface area (Å²) in [5.41, 5.74) is 3.41. The van der Waals surface area contributed by atoms with Crippen molar-refractivity contribution in [2.75, 3.05) is 14.1 Å². The van der Waals surface area contributed by atoms with Gasteiger partial charge in [0.05, 0.1) is 6.42 Å². The van der Waals surface area contributed by atoms with Crippen LogP contribution >= 0.6 is 0 Å². The van der Waals surface area contributed by atoms with Gasteiger partial charge in [0.15, 0.2) is 0 Å². The predicted octanol–water partition coefficient (Wildman–Crippen LogP) is 2.38. The summed E-state index contributed by atoms with van der Waals surface area (Å²) in [5.74, 6) is -0.764. The Kier molecular flexibility index (Phi) is 4.07. The topological polar surface area (TPSA) is 40.5 Å². The molecule has 88 valence electrons. The predicted molar refractivity (Wildman–Crippen MR) is 64.6 cm³/mol. The zero-order chi connectivity index (χ0) is 12.3. The molecule has 0 saturated heterocycles. The van der Waals surface area contributed by atoms with Gasteiger partial charge in [-0.05, 0) is 39.1 Å². The third kappa shape index (κ3) is 3.07. The molecule has 0 amide bonds. The Morgan fingerprint density at radius 3 is 2.50 bits per heavy atom. The first kappa shape index (κ1) is 12.7.